The third-order valence-electron chi connectivity index (χ3n) is 4.18. The molecule has 1 aromatic heterocycles. The number of nitrogens with one attached hydrogen (secondary N) is 1. The number of hydrogen-bond donors (Lipinski definition) is 1. The first-order chi connectivity index (χ1) is 13.3. The number of aromatic nitrogens is 2. The summed E-state index contributed by atoms with van der Waals surface area (Å²) in [6.07, 6.45) is 0. The molecule has 0 fully saturated rings. The molecule has 0 unspecified atom stereocenters. The van der Waals surface area contributed by atoms with Gasteiger partial charge in [0.2, 0.25) is 5.91 Å². The summed E-state index contributed by atoms with van der Waals surface area (Å²) in [5.74, 6) is 0.256. The number of carbonyl (C=O) groups excluding carboxylic acids is 1. The minimum Gasteiger partial charge on any atom is -0.325 e. The van der Waals surface area contributed by atoms with E-state index in [0.29, 0.717) is 33.3 Å². The fourth-order valence-corrected chi connectivity index (χ4v) is 3.81. The van der Waals surface area contributed by atoms with Gasteiger partial charge in [0.1, 0.15) is 0 Å². The second-order valence-corrected chi connectivity index (χ2v) is 8.40. The fourth-order valence-electron chi connectivity index (χ4n) is 2.83. The maximum atomic E-state index is 12.9. The van der Waals surface area contributed by atoms with Gasteiger partial charge in [0, 0.05) is 17.3 Å². The van der Waals surface area contributed by atoms with E-state index >= 15 is 0 Å². The molecule has 0 radical (unpaired) electrons. The highest BCUT2D eigenvalue weighted by atomic mass is 35.5. The number of benzene rings is 2. The highest BCUT2D eigenvalue weighted by molar-refractivity contribution is 7.99. The van der Waals surface area contributed by atoms with Crippen molar-refractivity contribution >= 4 is 45.9 Å². The molecule has 2 aromatic carbocycles. The normalized spacial score (nSPS) is 11.2. The van der Waals surface area contributed by atoms with Crippen LogP contribution < -0.4 is 10.9 Å². The number of thioether (sulfide) groups is 1. The highest BCUT2D eigenvalue weighted by Crippen LogP contribution is 2.22. The van der Waals surface area contributed by atoms with Crippen LogP contribution in [0.15, 0.2) is 52.4 Å². The second-order valence-electron chi connectivity index (χ2n) is 7.02. The predicted octanol–water partition coefficient (Wildman–Crippen LogP) is 4.75. The highest BCUT2D eigenvalue weighted by Gasteiger charge is 2.14. The number of rotatable bonds is 6. The Hall–Kier alpha value is -2.31. The van der Waals surface area contributed by atoms with Gasteiger partial charge in [0.15, 0.2) is 5.16 Å². The zero-order valence-corrected chi connectivity index (χ0v) is 17.6. The zero-order valence-electron chi connectivity index (χ0n) is 16.0. The summed E-state index contributed by atoms with van der Waals surface area (Å²) in [5.41, 5.74) is 2.18. The van der Waals surface area contributed by atoms with E-state index in [0.717, 1.165) is 5.56 Å². The Morgan fingerprint density at radius 3 is 2.75 bits per heavy atom. The number of para-hydroxylation sites is 1. The van der Waals surface area contributed by atoms with Gasteiger partial charge in [0.25, 0.3) is 5.56 Å². The number of amides is 1. The van der Waals surface area contributed by atoms with Crippen molar-refractivity contribution in [3.05, 3.63) is 63.4 Å². The van der Waals surface area contributed by atoms with Gasteiger partial charge in [-0.25, -0.2) is 4.98 Å². The lowest BCUT2D eigenvalue weighted by atomic mass is 10.2. The van der Waals surface area contributed by atoms with E-state index in [-0.39, 0.29) is 23.1 Å². The second kappa shape index (κ2) is 8.80. The van der Waals surface area contributed by atoms with Crippen LogP contribution in [0.5, 0.6) is 0 Å². The Bertz CT molecular complexity index is 1080. The van der Waals surface area contributed by atoms with Crippen LogP contribution in [0.2, 0.25) is 5.02 Å². The largest absolute Gasteiger partial charge is 0.325 e. The van der Waals surface area contributed by atoms with E-state index in [1.54, 1.807) is 22.8 Å². The van der Waals surface area contributed by atoms with Crippen molar-refractivity contribution in [3.63, 3.8) is 0 Å². The first-order valence-electron chi connectivity index (χ1n) is 9.03. The van der Waals surface area contributed by atoms with Gasteiger partial charge in [-0.15, -0.1) is 0 Å². The molecular formula is C21H22ClN3O2S. The Labute approximate surface area is 173 Å². The van der Waals surface area contributed by atoms with Crippen molar-refractivity contribution in [2.45, 2.75) is 32.5 Å². The molecular weight excluding hydrogens is 394 g/mol. The summed E-state index contributed by atoms with van der Waals surface area (Å²) in [7, 11) is 0. The molecule has 0 bridgehead atoms. The topological polar surface area (TPSA) is 64.0 Å². The third kappa shape index (κ3) is 4.75. The van der Waals surface area contributed by atoms with Gasteiger partial charge in [0.05, 0.1) is 16.7 Å². The van der Waals surface area contributed by atoms with E-state index in [2.05, 4.69) is 10.3 Å². The van der Waals surface area contributed by atoms with Crippen LogP contribution in [0.25, 0.3) is 10.9 Å². The molecule has 0 aliphatic carbocycles. The summed E-state index contributed by atoms with van der Waals surface area (Å²) >= 11 is 7.27. The van der Waals surface area contributed by atoms with E-state index in [1.165, 1.54) is 11.8 Å². The Balaban J connectivity index is 1.84. The smallest absolute Gasteiger partial charge is 0.262 e. The first kappa shape index (κ1) is 20.4. The molecule has 0 saturated heterocycles. The van der Waals surface area contributed by atoms with Crippen molar-refractivity contribution in [2.75, 3.05) is 11.1 Å². The lowest BCUT2D eigenvalue weighted by Crippen LogP contribution is -2.26. The van der Waals surface area contributed by atoms with Crippen LogP contribution in [0.1, 0.15) is 19.4 Å². The molecule has 3 aromatic rings. The minimum atomic E-state index is -0.172. The van der Waals surface area contributed by atoms with E-state index in [1.807, 2.05) is 45.0 Å². The number of fused-ring (bicyclic) bond motifs is 1. The number of carbonyl (C=O) groups is 1. The van der Waals surface area contributed by atoms with Gasteiger partial charge >= 0.3 is 0 Å². The molecule has 1 heterocycles. The molecule has 0 spiro atoms. The van der Waals surface area contributed by atoms with Gasteiger partial charge < -0.3 is 5.32 Å². The van der Waals surface area contributed by atoms with E-state index in [4.69, 9.17) is 11.6 Å². The summed E-state index contributed by atoms with van der Waals surface area (Å²) in [5, 5.41) is 4.58. The van der Waals surface area contributed by atoms with Crippen molar-refractivity contribution < 1.29 is 4.79 Å². The lowest BCUT2D eigenvalue weighted by Gasteiger charge is -2.15. The summed E-state index contributed by atoms with van der Waals surface area (Å²) in [6.45, 7) is 6.55. The van der Waals surface area contributed by atoms with Gasteiger partial charge in [-0.05, 0) is 42.7 Å². The van der Waals surface area contributed by atoms with Crippen LogP contribution in [-0.2, 0) is 11.3 Å². The standard InChI is InChI=1S/C21H22ClN3O2S/c1-13(2)11-25-20(27)16-6-4-5-7-17(16)24-21(25)28-12-19(26)23-18-10-15(22)9-8-14(18)3/h4-10,13H,11-12H2,1-3H3,(H,23,26). The number of hydrogen-bond acceptors (Lipinski definition) is 4. The molecule has 3 rings (SSSR count). The number of nitrogens with zero attached hydrogens (tertiary/aromatic N) is 2. The van der Waals surface area contributed by atoms with Gasteiger partial charge in [-0.3, -0.25) is 14.2 Å². The molecule has 0 aliphatic heterocycles. The maximum absolute atomic E-state index is 12.9. The van der Waals surface area contributed by atoms with E-state index < -0.39 is 0 Å². The van der Waals surface area contributed by atoms with Crippen LogP contribution in [0, 0.1) is 12.8 Å². The van der Waals surface area contributed by atoms with Crippen molar-refractivity contribution in [2.24, 2.45) is 5.92 Å². The molecule has 0 saturated carbocycles. The molecule has 0 aliphatic rings. The lowest BCUT2D eigenvalue weighted by molar-refractivity contribution is -0.113. The number of halogens is 1. The van der Waals surface area contributed by atoms with Crippen LogP contribution in [0.3, 0.4) is 0 Å². The Morgan fingerprint density at radius 1 is 1.25 bits per heavy atom. The SMILES string of the molecule is Cc1ccc(Cl)cc1NC(=O)CSc1nc2ccccc2c(=O)n1CC(C)C. The van der Waals surface area contributed by atoms with Crippen molar-refractivity contribution in [3.8, 4) is 0 Å². The molecule has 5 nitrogen and oxygen atoms in total. The maximum Gasteiger partial charge on any atom is 0.262 e. The zero-order chi connectivity index (χ0) is 20.3. The average molecular weight is 416 g/mol. The van der Waals surface area contributed by atoms with Crippen molar-refractivity contribution in [1.29, 1.82) is 0 Å². The Morgan fingerprint density at radius 2 is 2.00 bits per heavy atom. The predicted molar refractivity (Wildman–Crippen MR) is 116 cm³/mol. The fraction of sp³-hybridized carbons (Fsp3) is 0.286. The molecule has 28 heavy (non-hydrogen) atoms. The van der Waals surface area contributed by atoms with Crippen LogP contribution in [0.4, 0.5) is 5.69 Å². The molecule has 7 heteroatoms. The van der Waals surface area contributed by atoms with E-state index in [9.17, 15) is 9.59 Å². The molecule has 1 amide bonds. The number of anilines is 1. The van der Waals surface area contributed by atoms with Gasteiger partial charge in [-0.1, -0.05) is 55.4 Å². The van der Waals surface area contributed by atoms with Crippen LogP contribution >= 0.6 is 23.4 Å². The minimum absolute atomic E-state index is 0.0760. The summed E-state index contributed by atoms with van der Waals surface area (Å²) in [6, 6.07) is 12.6. The van der Waals surface area contributed by atoms with Gasteiger partial charge in [-0.2, -0.15) is 0 Å². The average Bonchev–Trinajstić information content (AvgIpc) is 2.65. The first-order valence-corrected chi connectivity index (χ1v) is 10.4. The van der Waals surface area contributed by atoms with Crippen molar-refractivity contribution in [1.82, 2.24) is 9.55 Å². The summed E-state index contributed by atoms with van der Waals surface area (Å²) < 4.78 is 1.66. The third-order valence-corrected chi connectivity index (χ3v) is 5.39. The molecule has 0 atom stereocenters. The quantitative estimate of drug-likeness (QED) is 0.466. The Kier molecular flexibility index (Phi) is 6.42. The summed E-state index contributed by atoms with van der Waals surface area (Å²) in [4.78, 5) is 30.0. The number of aryl methyl sites for hydroxylation is 1. The molecule has 1 N–H and O–H groups in total. The monoisotopic (exact) mass is 415 g/mol. The van der Waals surface area contributed by atoms with Crippen LogP contribution in [-0.4, -0.2) is 21.2 Å². The molecule has 146 valence electrons.